The van der Waals surface area contributed by atoms with Crippen molar-refractivity contribution in [2.24, 2.45) is 0 Å². The molecule has 5 heteroatoms. The molecule has 0 aromatic rings. The summed E-state index contributed by atoms with van der Waals surface area (Å²) in [5.41, 5.74) is 0. The minimum absolute atomic E-state index is 0.188. The van der Waals surface area contributed by atoms with Gasteiger partial charge in [0.05, 0.1) is 0 Å². The predicted octanol–water partition coefficient (Wildman–Crippen LogP) is 15.4. The van der Waals surface area contributed by atoms with E-state index in [1.54, 1.807) is 0 Å². The lowest BCUT2D eigenvalue weighted by Crippen LogP contribution is -2.27. The van der Waals surface area contributed by atoms with Gasteiger partial charge in [0.2, 0.25) is 0 Å². The Morgan fingerprint density at radius 1 is 0.362 bits per heavy atom. The lowest BCUT2D eigenvalue weighted by molar-refractivity contribution is -0.246. The maximum absolute atomic E-state index is 6.28. The molecule has 2 atom stereocenters. The molecule has 0 spiro atoms. The second-order valence-corrected chi connectivity index (χ2v) is 15.6. The predicted molar refractivity (Wildman–Crippen MR) is 226 cm³/mol. The van der Waals surface area contributed by atoms with Crippen LogP contribution in [-0.2, 0) is 14.2 Å². The third-order valence-electron chi connectivity index (χ3n) is 8.99. The Morgan fingerprint density at radius 3 is 0.894 bits per heavy atom. The van der Waals surface area contributed by atoms with Crippen LogP contribution in [-0.4, -0.2) is 34.6 Å². The highest BCUT2D eigenvalue weighted by atomic mass is 127. The molecule has 0 aliphatic heterocycles. The van der Waals surface area contributed by atoms with Gasteiger partial charge in [-0.05, 0) is 74.1 Å². The van der Waals surface area contributed by atoms with Crippen LogP contribution in [0.3, 0.4) is 0 Å². The van der Waals surface area contributed by atoms with Gasteiger partial charge in [-0.2, -0.15) is 0 Å². The number of allylic oxidation sites excluding steroid dienone is 4. The van der Waals surface area contributed by atoms with E-state index < -0.39 is 0 Å². The van der Waals surface area contributed by atoms with Gasteiger partial charge in [-0.15, -0.1) is 0 Å². The Kier molecular flexibility index (Phi) is 43.7. The molecule has 0 aromatic carbocycles. The quantitative estimate of drug-likeness (QED) is 0.0202. The van der Waals surface area contributed by atoms with E-state index in [4.69, 9.17) is 14.2 Å². The van der Waals surface area contributed by atoms with Gasteiger partial charge in [0.15, 0.2) is 12.6 Å². The van der Waals surface area contributed by atoms with Crippen LogP contribution in [0.4, 0.5) is 0 Å². The van der Waals surface area contributed by atoms with Gasteiger partial charge in [0.1, 0.15) is 0 Å². The van der Waals surface area contributed by atoms with Crippen molar-refractivity contribution >= 4 is 45.2 Å². The van der Waals surface area contributed by atoms with Gasteiger partial charge in [-0.1, -0.05) is 198 Å². The molecular weight excluding hydrogens is 806 g/mol. The number of hydrogen-bond acceptors (Lipinski definition) is 3. The van der Waals surface area contributed by atoms with Crippen molar-refractivity contribution in [1.82, 2.24) is 0 Å². The summed E-state index contributed by atoms with van der Waals surface area (Å²) in [7, 11) is 0. The smallest absolute Gasteiger partial charge is 0.161 e. The molecule has 0 bridgehead atoms. The fourth-order valence-corrected chi connectivity index (χ4v) is 7.19. The molecule has 0 aliphatic rings. The zero-order valence-electron chi connectivity index (χ0n) is 31.5. The topological polar surface area (TPSA) is 27.7 Å². The fourth-order valence-electron chi connectivity index (χ4n) is 6.11. The third kappa shape index (κ3) is 39.5. The lowest BCUT2D eigenvalue weighted by atomic mass is 10.0. The van der Waals surface area contributed by atoms with Crippen molar-refractivity contribution in [3.05, 3.63) is 24.3 Å². The molecule has 0 rings (SSSR count). The summed E-state index contributed by atoms with van der Waals surface area (Å²) in [5, 5.41) is 0. The summed E-state index contributed by atoms with van der Waals surface area (Å²) < 4.78 is 20.8. The molecule has 2 unspecified atom stereocenters. The molecule has 0 heterocycles. The Hall–Kier alpha value is 0.820. The van der Waals surface area contributed by atoms with Crippen LogP contribution >= 0.6 is 45.2 Å². The summed E-state index contributed by atoms with van der Waals surface area (Å²) in [4.78, 5) is 0. The van der Waals surface area contributed by atoms with Crippen LogP contribution in [0.1, 0.15) is 206 Å². The maximum Gasteiger partial charge on any atom is 0.161 e. The molecule has 0 N–H and O–H groups in total. The Labute approximate surface area is 322 Å². The highest BCUT2D eigenvalue weighted by molar-refractivity contribution is 14.1. The highest BCUT2D eigenvalue weighted by Gasteiger charge is 2.16. The molecule has 280 valence electrons. The van der Waals surface area contributed by atoms with E-state index >= 15 is 0 Å². The minimum atomic E-state index is -0.188. The van der Waals surface area contributed by atoms with Crippen molar-refractivity contribution in [3.63, 3.8) is 0 Å². The Morgan fingerprint density at radius 2 is 0.617 bits per heavy atom. The van der Waals surface area contributed by atoms with Crippen LogP contribution in [0.2, 0.25) is 0 Å². The van der Waals surface area contributed by atoms with Gasteiger partial charge < -0.3 is 14.2 Å². The molecule has 0 saturated carbocycles. The standard InChI is InChI=1S/C42H80I2O3/c1-3-45-41(37-33-29-25-21-17-13-9-5-7-11-15-19-23-27-31-35-39-43)47-42(46-4-2)38-34-30-26-22-18-14-10-6-8-12-16-20-24-28-32-36-40-44/h25-26,29-30,41-42H,3-24,27-28,31-40H2,1-2H3. The average molecular weight is 887 g/mol. The van der Waals surface area contributed by atoms with E-state index in [-0.39, 0.29) is 12.6 Å². The number of unbranched alkanes of at least 4 members (excludes halogenated alkanes) is 24. The first-order valence-corrected chi connectivity index (χ1v) is 23.6. The highest BCUT2D eigenvalue weighted by Crippen LogP contribution is 2.17. The monoisotopic (exact) mass is 886 g/mol. The Balaban J connectivity index is 3.80. The minimum Gasteiger partial charge on any atom is -0.353 e. The second-order valence-electron chi connectivity index (χ2n) is 13.4. The van der Waals surface area contributed by atoms with Gasteiger partial charge in [-0.3, -0.25) is 0 Å². The van der Waals surface area contributed by atoms with Crippen molar-refractivity contribution in [2.75, 3.05) is 22.1 Å². The van der Waals surface area contributed by atoms with E-state index in [0.717, 1.165) is 25.7 Å². The fraction of sp³-hybridized carbons (Fsp3) is 0.905. The number of alkyl halides is 2. The van der Waals surface area contributed by atoms with Crippen LogP contribution in [0.5, 0.6) is 0 Å². The maximum atomic E-state index is 6.28. The van der Waals surface area contributed by atoms with Crippen molar-refractivity contribution in [3.8, 4) is 0 Å². The lowest BCUT2D eigenvalue weighted by Gasteiger charge is -2.24. The first-order valence-electron chi connectivity index (χ1n) is 20.6. The molecule has 0 aromatic heterocycles. The summed E-state index contributed by atoms with van der Waals surface area (Å²) >= 11 is 4.99. The van der Waals surface area contributed by atoms with Crippen molar-refractivity contribution in [1.29, 1.82) is 0 Å². The molecule has 0 fully saturated rings. The zero-order valence-corrected chi connectivity index (χ0v) is 35.8. The number of ether oxygens (including phenoxy) is 3. The summed E-state index contributed by atoms with van der Waals surface area (Å²) in [5.74, 6) is 0. The molecule has 0 aliphatic carbocycles. The van der Waals surface area contributed by atoms with E-state index in [0.29, 0.717) is 13.2 Å². The summed E-state index contributed by atoms with van der Waals surface area (Å²) in [6.45, 7) is 5.44. The van der Waals surface area contributed by atoms with Gasteiger partial charge >= 0.3 is 0 Å². The van der Waals surface area contributed by atoms with E-state index in [1.807, 2.05) is 0 Å². The molecule has 0 radical (unpaired) electrons. The first-order chi connectivity index (χ1) is 23.3. The Bertz CT molecular complexity index is 575. The van der Waals surface area contributed by atoms with Crippen LogP contribution in [0.15, 0.2) is 24.3 Å². The van der Waals surface area contributed by atoms with E-state index in [9.17, 15) is 0 Å². The van der Waals surface area contributed by atoms with Crippen LogP contribution in [0.25, 0.3) is 0 Å². The SMILES string of the molecule is CCOC(CCC=CCCCCCCCCCCCCCCI)OC(CCC=CCCCCCCCCCCCCCCI)OCC. The molecule has 0 amide bonds. The molecule has 0 saturated heterocycles. The van der Waals surface area contributed by atoms with Gasteiger partial charge in [0.25, 0.3) is 0 Å². The first kappa shape index (κ1) is 47.8. The molecule has 47 heavy (non-hydrogen) atoms. The molecular formula is C42H80I2O3. The summed E-state index contributed by atoms with van der Waals surface area (Å²) in [6.07, 6.45) is 49.2. The molecule has 3 nitrogen and oxygen atoms in total. The average Bonchev–Trinajstić information content (AvgIpc) is 3.07. The third-order valence-corrected chi connectivity index (χ3v) is 10.5. The van der Waals surface area contributed by atoms with Crippen molar-refractivity contribution in [2.45, 2.75) is 219 Å². The largest absolute Gasteiger partial charge is 0.353 e. The van der Waals surface area contributed by atoms with Crippen molar-refractivity contribution < 1.29 is 14.2 Å². The number of hydrogen-bond donors (Lipinski definition) is 0. The van der Waals surface area contributed by atoms with Crippen LogP contribution in [0, 0.1) is 0 Å². The van der Waals surface area contributed by atoms with Gasteiger partial charge in [-0.25, -0.2) is 0 Å². The second kappa shape index (κ2) is 43.0. The van der Waals surface area contributed by atoms with E-state index in [2.05, 4.69) is 83.3 Å². The normalized spacial score (nSPS) is 13.4. The zero-order chi connectivity index (χ0) is 34.1. The van der Waals surface area contributed by atoms with E-state index in [1.165, 1.54) is 176 Å². The number of halogens is 2. The number of rotatable bonds is 40. The van der Waals surface area contributed by atoms with Gasteiger partial charge in [0, 0.05) is 26.1 Å². The van der Waals surface area contributed by atoms with Crippen LogP contribution < -0.4 is 0 Å². The summed E-state index contributed by atoms with van der Waals surface area (Å²) in [6, 6.07) is 0.